The first-order chi connectivity index (χ1) is 27.0. The molecule has 0 saturated carbocycles. The first-order valence-corrected chi connectivity index (χ1v) is 19.4. The van der Waals surface area contributed by atoms with Gasteiger partial charge in [-0.2, -0.15) is 39.5 Å². The molecule has 0 atom stereocenters. The Labute approximate surface area is 332 Å². The molecular weight excluding hydrogens is 787 g/mol. The smallest absolute Gasteiger partial charge is 0.475 e. The van der Waals surface area contributed by atoms with Crippen molar-refractivity contribution in [2.45, 2.75) is 83.7 Å². The average molecular weight is 841 g/mol. The van der Waals surface area contributed by atoms with Crippen molar-refractivity contribution in [2.24, 2.45) is 0 Å². The van der Waals surface area contributed by atoms with Gasteiger partial charge in [0.05, 0.1) is 11.1 Å². The maximum atomic E-state index is 13.7. The monoisotopic (exact) mass is 840 g/mol. The number of ether oxygens (including phenoxy) is 1. The fourth-order valence-corrected chi connectivity index (χ4v) is 7.25. The van der Waals surface area contributed by atoms with Gasteiger partial charge in [0.1, 0.15) is 5.60 Å². The summed E-state index contributed by atoms with van der Waals surface area (Å²) in [6.07, 6.45) is -10.0. The van der Waals surface area contributed by atoms with E-state index in [0.717, 1.165) is 83.7 Å². The molecule has 19 heteroatoms. The molecule has 2 aromatic rings. The van der Waals surface area contributed by atoms with E-state index in [4.69, 9.17) is 14.6 Å². The summed E-state index contributed by atoms with van der Waals surface area (Å²) in [5, 5.41) is 10.4. The van der Waals surface area contributed by atoms with Crippen molar-refractivity contribution in [2.75, 3.05) is 88.3 Å². The van der Waals surface area contributed by atoms with Gasteiger partial charge in [-0.1, -0.05) is 12.1 Å². The van der Waals surface area contributed by atoms with Crippen LogP contribution in [0.3, 0.4) is 0 Å². The fraction of sp³-hybridized carbons (Fsp3) is 0.641. The summed E-state index contributed by atoms with van der Waals surface area (Å²) in [6.45, 7) is 14.6. The van der Waals surface area contributed by atoms with Gasteiger partial charge in [-0.05, 0) is 70.7 Å². The Morgan fingerprint density at radius 2 is 1.00 bits per heavy atom. The van der Waals surface area contributed by atoms with Crippen molar-refractivity contribution in [1.82, 2.24) is 20.0 Å². The number of anilines is 2. The molecule has 6 rings (SSSR count). The standard InChI is InChI=1S/C21H30F3N3O2.C16H22F3N3.C2HF3O2/c1-20(2,3)29-19(28)27-13-11-25(12-14-27)15-16-17(21(22,23)24)7-6-8-18(16)26-9-4-5-10-26;17-16(18,19)14-4-3-5-15(22-8-1-2-9-22)13(14)12-21-10-6-20-7-11-21;3-2(4,5)1(6)7/h6-8H,4-5,9-15H2,1-3H3;3-5,20H,1-2,6-12H2;(H,6,7). The molecule has 10 nitrogen and oxygen atoms in total. The molecule has 0 aliphatic carbocycles. The van der Waals surface area contributed by atoms with E-state index >= 15 is 0 Å². The van der Waals surface area contributed by atoms with Gasteiger partial charge in [-0.15, -0.1) is 0 Å². The molecule has 1 amide bonds. The summed E-state index contributed by atoms with van der Waals surface area (Å²) < 4.78 is 118. The summed E-state index contributed by atoms with van der Waals surface area (Å²) in [4.78, 5) is 31.0. The molecule has 4 saturated heterocycles. The zero-order valence-electron chi connectivity index (χ0n) is 33.0. The number of amides is 1. The van der Waals surface area contributed by atoms with Crippen LogP contribution in [-0.2, 0) is 35.0 Å². The number of nitrogens with zero attached hydrogens (tertiary/aromatic N) is 5. The van der Waals surface area contributed by atoms with Crippen molar-refractivity contribution in [1.29, 1.82) is 0 Å². The normalized spacial score (nSPS) is 18.7. The molecule has 4 aliphatic rings. The summed E-state index contributed by atoms with van der Waals surface area (Å²) in [5.41, 5.74) is 0.640. The molecule has 4 aliphatic heterocycles. The second kappa shape index (κ2) is 19.9. The van der Waals surface area contributed by atoms with Crippen LogP contribution >= 0.6 is 0 Å². The minimum atomic E-state index is -5.08. The molecule has 0 radical (unpaired) electrons. The summed E-state index contributed by atoms with van der Waals surface area (Å²) >= 11 is 0. The van der Waals surface area contributed by atoms with Crippen LogP contribution in [0.15, 0.2) is 36.4 Å². The lowest BCUT2D eigenvalue weighted by Crippen LogP contribution is -2.49. The Balaban J connectivity index is 0.000000226. The number of carboxylic acid groups (broad SMARTS) is 1. The van der Waals surface area contributed by atoms with Gasteiger partial charge in [-0.3, -0.25) is 9.80 Å². The number of carbonyl (C=O) groups is 2. The molecule has 0 aromatic heterocycles. The molecular formula is C39H53F9N6O4. The van der Waals surface area contributed by atoms with E-state index in [0.29, 0.717) is 49.5 Å². The highest BCUT2D eigenvalue weighted by molar-refractivity contribution is 5.73. The highest BCUT2D eigenvalue weighted by atomic mass is 19.4. The summed E-state index contributed by atoms with van der Waals surface area (Å²) in [6, 6.07) is 9.08. The van der Waals surface area contributed by atoms with Gasteiger partial charge < -0.3 is 29.9 Å². The largest absolute Gasteiger partial charge is 0.490 e. The topological polar surface area (TPSA) is 91.8 Å². The van der Waals surface area contributed by atoms with Gasteiger partial charge in [0.15, 0.2) is 0 Å². The maximum Gasteiger partial charge on any atom is 0.490 e. The fourth-order valence-electron chi connectivity index (χ4n) is 7.25. The van der Waals surface area contributed by atoms with E-state index in [-0.39, 0.29) is 12.6 Å². The molecule has 2 N–H and O–H groups in total. The number of rotatable bonds is 6. The third-order valence-electron chi connectivity index (χ3n) is 10.0. The van der Waals surface area contributed by atoms with Crippen molar-refractivity contribution in [3.05, 3.63) is 58.7 Å². The lowest BCUT2D eigenvalue weighted by Gasteiger charge is -2.36. The second-order valence-electron chi connectivity index (χ2n) is 15.6. The van der Waals surface area contributed by atoms with Crippen LogP contribution in [0.5, 0.6) is 0 Å². The van der Waals surface area contributed by atoms with Crippen LogP contribution in [-0.4, -0.2) is 122 Å². The number of alkyl halides is 9. The Hall–Kier alpha value is -3.97. The SMILES string of the molecule is CC(C)(C)OC(=O)N1CCN(Cc2c(N3CCCC3)cccc2C(F)(F)F)CC1.FC(F)(F)c1cccc(N2CCCC2)c1CN1CCNCC1.O=C(O)C(F)(F)F. The minimum Gasteiger partial charge on any atom is -0.475 e. The quantitative estimate of drug-likeness (QED) is 0.284. The molecule has 0 unspecified atom stereocenters. The Kier molecular flexibility index (Phi) is 16.0. The van der Waals surface area contributed by atoms with Gasteiger partial charge in [0.2, 0.25) is 0 Å². The zero-order valence-corrected chi connectivity index (χ0v) is 33.0. The highest BCUT2D eigenvalue weighted by Crippen LogP contribution is 2.39. The first-order valence-electron chi connectivity index (χ1n) is 19.4. The number of aliphatic carboxylic acids is 1. The molecule has 4 heterocycles. The van der Waals surface area contributed by atoms with Crippen LogP contribution in [0.2, 0.25) is 0 Å². The predicted molar refractivity (Wildman–Crippen MR) is 201 cm³/mol. The van der Waals surface area contributed by atoms with Crippen LogP contribution in [0, 0.1) is 0 Å². The first kappa shape index (κ1) is 46.7. The van der Waals surface area contributed by atoms with Crippen molar-refractivity contribution in [3.8, 4) is 0 Å². The lowest BCUT2D eigenvalue weighted by atomic mass is 10.0. The van der Waals surface area contributed by atoms with Crippen LogP contribution in [0.25, 0.3) is 0 Å². The number of halogens is 9. The van der Waals surface area contributed by atoms with Crippen molar-refractivity contribution in [3.63, 3.8) is 0 Å². The zero-order chi connectivity index (χ0) is 42.9. The molecule has 4 fully saturated rings. The maximum absolute atomic E-state index is 13.7. The molecule has 326 valence electrons. The highest BCUT2D eigenvalue weighted by Gasteiger charge is 2.39. The lowest BCUT2D eigenvalue weighted by molar-refractivity contribution is -0.192. The predicted octanol–water partition coefficient (Wildman–Crippen LogP) is 7.70. The summed E-state index contributed by atoms with van der Waals surface area (Å²) in [5.74, 6) is -2.76. The minimum absolute atomic E-state index is 0.226. The van der Waals surface area contributed by atoms with E-state index in [1.54, 1.807) is 11.0 Å². The Morgan fingerprint density at radius 1 is 0.621 bits per heavy atom. The van der Waals surface area contributed by atoms with Gasteiger partial charge in [-0.25, -0.2) is 9.59 Å². The van der Waals surface area contributed by atoms with E-state index in [2.05, 4.69) is 20.0 Å². The van der Waals surface area contributed by atoms with Gasteiger partial charge in [0.25, 0.3) is 0 Å². The van der Waals surface area contributed by atoms with E-state index in [1.165, 1.54) is 24.3 Å². The molecule has 2 aromatic carbocycles. The number of nitrogens with one attached hydrogen (secondary N) is 1. The third kappa shape index (κ3) is 13.8. The Bertz CT molecular complexity index is 1640. The van der Waals surface area contributed by atoms with E-state index in [1.807, 2.05) is 31.7 Å². The molecule has 0 spiro atoms. The van der Waals surface area contributed by atoms with Gasteiger partial charge in [0, 0.05) is 114 Å². The van der Waals surface area contributed by atoms with Crippen molar-refractivity contribution < 1.29 is 58.9 Å². The number of carbonyl (C=O) groups excluding carboxylic acids is 1. The summed E-state index contributed by atoms with van der Waals surface area (Å²) in [7, 11) is 0. The molecule has 58 heavy (non-hydrogen) atoms. The van der Waals surface area contributed by atoms with Crippen LogP contribution in [0.4, 0.5) is 55.7 Å². The Morgan fingerprint density at radius 3 is 1.34 bits per heavy atom. The number of piperazine rings is 2. The molecule has 0 bridgehead atoms. The number of carboxylic acids is 1. The van der Waals surface area contributed by atoms with Crippen LogP contribution < -0.4 is 15.1 Å². The second-order valence-corrected chi connectivity index (χ2v) is 15.6. The number of hydrogen-bond acceptors (Lipinski definition) is 8. The van der Waals surface area contributed by atoms with Crippen LogP contribution in [0.1, 0.15) is 68.7 Å². The third-order valence-corrected chi connectivity index (χ3v) is 10.0. The van der Waals surface area contributed by atoms with E-state index in [9.17, 15) is 44.3 Å². The number of hydrogen-bond donors (Lipinski definition) is 2. The average Bonchev–Trinajstić information content (AvgIpc) is 3.87. The van der Waals surface area contributed by atoms with Gasteiger partial charge >= 0.3 is 30.6 Å². The number of benzene rings is 2. The van der Waals surface area contributed by atoms with Crippen molar-refractivity contribution >= 4 is 23.4 Å². The van der Waals surface area contributed by atoms with E-state index < -0.39 is 41.2 Å².